The maximum atomic E-state index is 12.0. The molecule has 2 aliphatic heterocycles. The van der Waals surface area contributed by atoms with Crippen molar-refractivity contribution in [3.05, 3.63) is 179 Å². The third kappa shape index (κ3) is 11.5. The standard InChI is InChI=1S/C48H54O10/c1-34-42(52-29-36-20-10-4-11-21-36)41(49)44(54-31-38-24-14-6-15-25-38)48(56-34)58-46-45(55-32-39-26-16-7-17-27-39)43(53-30-37-22-12-5-13-23-37)40(57-47(46)50-2)33-51-28-35-18-8-3-9-19-35/h3-27,34,40-49H,28-33H2,1-2H3/t34-,40+,41+,42+,43-,44-,45-,46+,47+,48-/m0/s1. The third-order valence-corrected chi connectivity index (χ3v) is 10.4. The summed E-state index contributed by atoms with van der Waals surface area (Å²) in [4.78, 5) is 0. The fraction of sp³-hybridized carbons (Fsp3) is 0.375. The van der Waals surface area contributed by atoms with Crippen LogP contribution in [0.5, 0.6) is 0 Å². The molecule has 2 fully saturated rings. The first-order valence-electron chi connectivity index (χ1n) is 20.0. The number of hydrogen-bond acceptors (Lipinski definition) is 10. The Hall–Kier alpha value is -4.30. The zero-order valence-corrected chi connectivity index (χ0v) is 33.1. The number of hydrogen-bond donors (Lipinski definition) is 1. The number of ether oxygens (including phenoxy) is 9. The van der Waals surface area contributed by atoms with E-state index < -0.39 is 61.4 Å². The molecule has 7 rings (SSSR count). The molecule has 2 heterocycles. The van der Waals surface area contributed by atoms with Gasteiger partial charge in [-0.2, -0.15) is 0 Å². The molecule has 2 aliphatic rings. The van der Waals surface area contributed by atoms with Crippen LogP contribution in [-0.4, -0.2) is 80.2 Å². The molecule has 0 spiro atoms. The highest BCUT2D eigenvalue weighted by atomic mass is 16.8. The van der Waals surface area contributed by atoms with Gasteiger partial charge in [-0.05, 0) is 34.7 Å². The molecule has 10 nitrogen and oxygen atoms in total. The predicted octanol–water partition coefficient (Wildman–Crippen LogP) is 7.41. The molecule has 306 valence electrons. The second-order valence-electron chi connectivity index (χ2n) is 14.6. The number of benzene rings is 5. The van der Waals surface area contributed by atoms with E-state index in [1.54, 1.807) is 7.11 Å². The van der Waals surface area contributed by atoms with Crippen molar-refractivity contribution in [3.63, 3.8) is 0 Å². The van der Waals surface area contributed by atoms with E-state index in [0.717, 1.165) is 27.8 Å². The van der Waals surface area contributed by atoms with Gasteiger partial charge in [-0.3, -0.25) is 0 Å². The van der Waals surface area contributed by atoms with Gasteiger partial charge >= 0.3 is 0 Å². The van der Waals surface area contributed by atoms with Crippen LogP contribution in [0.2, 0.25) is 0 Å². The molecule has 0 amide bonds. The number of aliphatic hydroxyl groups excluding tert-OH is 1. The smallest absolute Gasteiger partial charge is 0.187 e. The molecule has 0 aromatic heterocycles. The van der Waals surface area contributed by atoms with E-state index in [1.165, 1.54) is 0 Å². The molecule has 0 saturated carbocycles. The van der Waals surface area contributed by atoms with Gasteiger partial charge in [0, 0.05) is 7.11 Å². The van der Waals surface area contributed by atoms with Gasteiger partial charge in [0.25, 0.3) is 0 Å². The number of rotatable bonds is 19. The van der Waals surface area contributed by atoms with E-state index in [4.69, 9.17) is 42.6 Å². The lowest BCUT2D eigenvalue weighted by atomic mass is 9.96. The second-order valence-corrected chi connectivity index (χ2v) is 14.6. The average Bonchev–Trinajstić information content (AvgIpc) is 3.27. The molecule has 58 heavy (non-hydrogen) atoms. The lowest BCUT2D eigenvalue weighted by Gasteiger charge is -2.49. The van der Waals surface area contributed by atoms with Crippen LogP contribution in [0.1, 0.15) is 34.7 Å². The first kappa shape index (κ1) is 41.8. The number of aliphatic hydroxyl groups is 1. The number of methoxy groups -OCH3 is 1. The lowest BCUT2D eigenvalue weighted by Crippen LogP contribution is -2.65. The Balaban J connectivity index is 1.17. The fourth-order valence-corrected chi connectivity index (χ4v) is 7.34. The Morgan fingerprint density at radius 3 is 1.29 bits per heavy atom. The Morgan fingerprint density at radius 2 is 0.845 bits per heavy atom. The van der Waals surface area contributed by atoms with Crippen LogP contribution in [0.25, 0.3) is 0 Å². The molecule has 5 aromatic carbocycles. The molecular formula is C48H54O10. The summed E-state index contributed by atoms with van der Waals surface area (Å²) >= 11 is 0. The van der Waals surface area contributed by atoms with Crippen molar-refractivity contribution < 1.29 is 47.7 Å². The van der Waals surface area contributed by atoms with Crippen molar-refractivity contribution >= 4 is 0 Å². The molecule has 0 radical (unpaired) electrons. The minimum absolute atomic E-state index is 0.199. The highest BCUT2D eigenvalue weighted by molar-refractivity contribution is 5.17. The third-order valence-electron chi connectivity index (χ3n) is 10.4. The average molecular weight is 791 g/mol. The van der Waals surface area contributed by atoms with Crippen LogP contribution in [0.15, 0.2) is 152 Å². The fourth-order valence-electron chi connectivity index (χ4n) is 7.34. The van der Waals surface area contributed by atoms with Crippen LogP contribution in [0.3, 0.4) is 0 Å². The van der Waals surface area contributed by atoms with Crippen molar-refractivity contribution in [1.29, 1.82) is 0 Å². The molecule has 0 bridgehead atoms. The van der Waals surface area contributed by atoms with Crippen molar-refractivity contribution in [1.82, 2.24) is 0 Å². The molecule has 10 heteroatoms. The molecule has 5 aromatic rings. The van der Waals surface area contributed by atoms with E-state index in [1.807, 2.05) is 159 Å². The Labute approximate surface area is 341 Å². The van der Waals surface area contributed by atoms with Gasteiger partial charge in [0.2, 0.25) is 0 Å². The highest BCUT2D eigenvalue weighted by Crippen LogP contribution is 2.35. The summed E-state index contributed by atoms with van der Waals surface area (Å²) in [7, 11) is 1.57. The minimum atomic E-state index is -1.11. The van der Waals surface area contributed by atoms with Gasteiger partial charge in [-0.1, -0.05) is 152 Å². The van der Waals surface area contributed by atoms with E-state index in [9.17, 15) is 5.11 Å². The van der Waals surface area contributed by atoms with Gasteiger partial charge in [0.05, 0.1) is 45.7 Å². The molecule has 0 unspecified atom stereocenters. The monoisotopic (exact) mass is 790 g/mol. The second kappa shape index (κ2) is 21.6. The lowest BCUT2D eigenvalue weighted by molar-refractivity contribution is -0.375. The molecule has 1 N–H and O–H groups in total. The summed E-state index contributed by atoms with van der Waals surface area (Å²) in [5, 5.41) is 12.0. The van der Waals surface area contributed by atoms with Crippen molar-refractivity contribution in [2.45, 2.75) is 101 Å². The van der Waals surface area contributed by atoms with E-state index in [2.05, 4.69) is 0 Å². The Morgan fingerprint density at radius 1 is 0.448 bits per heavy atom. The zero-order chi connectivity index (χ0) is 39.9. The zero-order valence-electron chi connectivity index (χ0n) is 33.1. The van der Waals surface area contributed by atoms with Gasteiger partial charge < -0.3 is 47.7 Å². The molecule has 10 atom stereocenters. The van der Waals surface area contributed by atoms with Crippen LogP contribution >= 0.6 is 0 Å². The highest BCUT2D eigenvalue weighted by Gasteiger charge is 2.53. The summed E-state index contributed by atoms with van der Waals surface area (Å²) in [6, 6.07) is 49.5. The largest absolute Gasteiger partial charge is 0.387 e. The summed E-state index contributed by atoms with van der Waals surface area (Å²) in [6.45, 7) is 3.50. The van der Waals surface area contributed by atoms with Gasteiger partial charge in [0.1, 0.15) is 42.7 Å². The Bertz CT molecular complexity index is 1870. The van der Waals surface area contributed by atoms with Crippen molar-refractivity contribution in [3.8, 4) is 0 Å². The summed E-state index contributed by atoms with van der Waals surface area (Å²) in [5.74, 6) is 0. The van der Waals surface area contributed by atoms with E-state index in [-0.39, 0.29) is 19.8 Å². The first-order valence-corrected chi connectivity index (χ1v) is 20.0. The molecular weight excluding hydrogens is 737 g/mol. The normalized spacial score (nSPS) is 27.3. The first-order chi connectivity index (χ1) is 28.6. The van der Waals surface area contributed by atoms with Crippen molar-refractivity contribution in [2.24, 2.45) is 0 Å². The summed E-state index contributed by atoms with van der Waals surface area (Å²) in [5.41, 5.74) is 4.91. The van der Waals surface area contributed by atoms with E-state index >= 15 is 0 Å². The van der Waals surface area contributed by atoms with Gasteiger partial charge in [-0.15, -0.1) is 0 Å². The molecule has 2 saturated heterocycles. The minimum Gasteiger partial charge on any atom is -0.387 e. The SMILES string of the molecule is CO[C@@H]1O[C@H](COCc2ccccc2)[C@H](OCc2ccccc2)[C@H](OCc2ccccc2)[C@H]1O[C@@H]1O[C@@H](C)[C@@H](OCc2ccccc2)[C@@H](O)[C@@H]1OCc1ccccc1. The van der Waals surface area contributed by atoms with Crippen LogP contribution < -0.4 is 0 Å². The van der Waals surface area contributed by atoms with Crippen LogP contribution in [0, 0.1) is 0 Å². The summed E-state index contributed by atoms with van der Waals surface area (Å²) < 4.78 is 58.9. The van der Waals surface area contributed by atoms with Crippen molar-refractivity contribution in [2.75, 3.05) is 13.7 Å². The van der Waals surface area contributed by atoms with Gasteiger partial charge in [-0.25, -0.2) is 0 Å². The quantitative estimate of drug-likeness (QED) is 0.0911. The summed E-state index contributed by atoms with van der Waals surface area (Å²) in [6.07, 6.45) is -8.26. The molecule has 0 aliphatic carbocycles. The van der Waals surface area contributed by atoms with Gasteiger partial charge in [0.15, 0.2) is 12.6 Å². The topological polar surface area (TPSA) is 103 Å². The van der Waals surface area contributed by atoms with Crippen LogP contribution in [0.4, 0.5) is 0 Å². The van der Waals surface area contributed by atoms with E-state index in [0.29, 0.717) is 19.8 Å². The maximum Gasteiger partial charge on any atom is 0.187 e. The maximum absolute atomic E-state index is 12.0. The predicted molar refractivity (Wildman–Crippen MR) is 217 cm³/mol. The Kier molecular flexibility index (Phi) is 15.6. The van der Waals surface area contributed by atoms with Crippen LogP contribution in [-0.2, 0) is 75.7 Å².